The molecule has 0 spiro atoms. The van der Waals surface area contributed by atoms with Gasteiger partial charge in [0.05, 0.1) is 11.0 Å². The van der Waals surface area contributed by atoms with Gasteiger partial charge in [0.15, 0.2) is 0 Å². The van der Waals surface area contributed by atoms with Gasteiger partial charge in [-0.2, -0.15) is 0 Å². The van der Waals surface area contributed by atoms with E-state index in [4.69, 9.17) is 15.5 Å². The number of urea groups is 1. The molecule has 9 nitrogen and oxygen atoms in total. The fraction of sp³-hybridized carbons (Fsp3) is 0.516. The van der Waals surface area contributed by atoms with Gasteiger partial charge in [0.1, 0.15) is 5.82 Å². The monoisotopic (exact) mass is 548 g/mol. The molecular weight excluding hydrogens is 504 g/mol. The summed E-state index contributed by atoms with van der Waals surface area (Å²) in [6, 6.07) is 15.2. The maximum Gasteiger partial charge on any atom is 0.319 e. The van der Waals surface area contributed by atoms with Gasteiger partial charge in [-0.05, 0) is 48.4 Å². The molecule has 2 aromatic carbocycles. The van der Waals surface area contributed by atoms with E-state index in [2.05, 4.69) is 42.0 Å². The van der Waals surface area contributed by atoms with Crippen LogP contribution in [0.25, 0.3) is 11.0 Å². The largest absolute Gasteiger partial charge is 0.385 e. The molecule has 0 aliphatic carbocycles. The summed E-state index contributed by atoms with van der Waals surface area (Å²) in [7, 11) is 1.72. The summed E-state index contributed by atoms with van der Waals surface area (Å²) in [4.78, 5) is 32.7. The number of fused-ring (bicyclic) bond motifs is 1. The zero-order valence-electron chi connectivity index (χ0n) is 24.3. The third kappa shape index (κ3) is 7.40. The second-order valence-electron chi connectivity index (χ2n) is 11.7. The number of para-hydroxylation sites is 3. The lowest BCUT2D eigenvalue weighted by Crippen LogP contribution is -2.45. The highest BCUT2D eigenvalue weighted by molar-refractivity contribution is 5.90. The zero-order valence-corrected chi connectivity index (χ0v) is 24.3. The van der Waals surface area contributed by atoms with Gasteiger partial charge >= 0.3 is 6.03 Å². The first-order valence-electron chi connectivity index (χ1n) is 14.3. The third-order valence-electron chi connectivity index (χ3n) is 7.50. The van der Waals surface area contributed by atoms with E-state index in [1.807, 2.05) is 47.4 Å². The van der Waals surface area contributed by atoms with Crippen molar-refractivity contribution in [2.24, 2.45) is 5.73 Å². The fourth-order valence-corrected chi connectivity index (χ4v) is 5.48. The van der Waals surface area contributed by atoms with E-state index in [9.17, 15) is 9.59 Å². The van der Waals surface area contributed by atoms with E-state index in [1.165, 1.54) is 0 Å². The second-order valence-corrected chi connectivity index (χ2v) is 11.7. The first-order chi connectivity index (χ1) is 19.2. The van der Waals surface area contributed by atoms with Crippen LogP contribution in [0.5, 0.6) is 0 Å². The molecule has 0 bridgehead atoms. The zero-order chi connectivity index (χ0) is 28.7. The minimum atomic E-state index is -0.477. The number of benzene rings is 2. The number of nitrogens with zero attached hydrogens (tertiary/aromatic N) is 3. The van der Waals surface area contributed by atoms with Crippen LogP contribution in [0.4, 0.5) is 10.5 Å². The van der Waals surface area contributed by atoms with Gasteiger partial charge in [-0.15, -0.1) is 0 Å². The number of nitrogens with one attached hydrogen (secondary N) is 2. The normalized spacial score (nSPS) is 16.6. The maximum absolute atomic E-state index is 13.2. The molecule has 3 amide bonds. The highest BCUT2D eigenvalue weighted by Gasteiger charge is 2.29. The van der Waals surface area contributed by atoms with Gasteiger partial charge in [-0.3, -0.25) is 4.79 Å². The molecule has 1 aliphatic heterocycles. The van der Waals surface area contributed by atoms with E-state index in [1.54, 1.807) is 7.11 Å². The van der Waals surface area contributed by atoms with E-state index in [-0.39, 0.29) is 36.2 Å². The minimum Gasteiger partial charge on any atom is -0.385 e. The van der Waals surface area contributed by atoms with Crippen molar-refractivity contribution in [1.82, 2.24) is 19.8 Å². The lowest BCUT2D eigenvalue weighted by molar-refractivity contribution is -0.132. The number of hydrogen-bond acceptors (Lipinski definition) is 5. The minimum absolute atomic E-state index is 0.0135. The molecular formula is C31H44N6O3. The highest BCUT2D eigenvalue weighted by atomic mass is 16.5. The van der Waals surface area contributed by atoms with E-state index < -0.39 is 6.04 Å². The molecule has 0 saturated carbocycles. The number of aromatic nitrogens is 2. The van der Waals surface area contributed by atoms with Crippen molar-refractivity contribution in [2.75, 3.05) is 38.7 Å². The van der Waals surface area contributed by atoms with Crippen molar-refractivity contribution >= 4 is 28.7 Å². The number of ether oxygens (including phenoxy) is 1. The standard InChI is InChI=1S/C31H44N6O3/c1-31(2,3)24-12-5-6-13-25(24)35-30(39)33-20-23(32)19-28(38)36-16-9-11-22(21-36)29-34-26-14-7-8-15-27(26)37(29)17-10-18-40-4/h5-8,12-15,22-23H,9-11,16-21,32H2,1-4H3,(H2,33,35,39). The van der Waals surface area contributed by atoms with Gasteiger partial charge in [0, 0.05) is 64.0 Å². The molecule has 3 aromatic rings. The Labute approximate surface area is 237 Å². The molecule has 40 heavy (non-hydrogen) atoms. The number of imidazole rings is 1. The van der Waals surface area contributed by atoms with Crippen molar-refractivity contribution in [3.05, 3.63) is 59.9 Å². The number of carbonyl (C=O) groups excluding carboxylic acids is 2. The number of carbonyl (C=O) groups is 2. The Balaban J connectivity index is 1.33. The first-order valence-corrected chi connectivity index (χ1v) is 14.3. The number of anilines is 1. The number of nitrogens with two attached hydrogens (primary N) is 1. The number of likely N-dealkylation sites (tertiary alicyclic amines) is 1. The van der Waals surface area contributed by atoms with Gasteiger partial charge in [0.2, 0.25) is 5.91 Å². The number of aryl methyl sites for hydroxylation is 1. The van der Waals surface area contributed by atoms with Gasteiger partial charge in [0.25, 0.3) is 0 Å². The Bertz CT molecular complexity index is 1300. The molecule has 4 rings (SSSR count). The number of amides is 3. The molecule has 0 radical (unpaired) electrons. The third-order valence-corrected chi connectivity index (χ3v) is 7.50. The number of methoxy groups -OCH3 is 1. The quantitative estimate of drug-likeness (QED) is 0.320. The molecule has 2 heterocycles. The van der Waals surface area contributed by atoms with Crippen LogP contribution in [0.15, 0.2) is 48.5 Å². The van der Waals surface area contributed by atoms with Crippen molar-refractivity contribution in [3.63, 3.8) is 0 Å². The molecule has 2 atom stereocenters. The van der Waals surface area contributed by atoms with E-state index in [0.717, 1.165) is 53.9 Å². The van der Waals surface area contributed by atoms with Crippen LogP contribution in [-0.4, -0.2) is 65.8 Å². The van der Waals surface area contributed by atoms with Gasteiger partial charge in [-0.25, -0.2) is 9.78 Å². The summed E-state index contributed by atoms with van der Waals surface area (Å²) in [6.45, 7) is 9.38. The molecule has 2 unspecified atom stereocenters. The molecule has 1 saturated heterocycles. The van der Waals surface area contributed by atoms with Crippen LogP contribution < -0.4 is 16.4 Å². The van der Waals surface area contributed by atoms with Crippen molar-refractivity contribution in [2.45, 2.75) is 70.4 Å². The Morgan fingerprint density at radius 3 is 2.67 bits per heavy atom. The van der Waals surface area contributed by atoms with Crippen LogP contribution in [-0.2, 0) is 21.5 Å². The molecule has 4 N–H and O–H groups in total. The smallest absolute Gasteiger partial charge is 0.319 e. The average molecular weight is 549 g/mol. The number of piperidine rings is 1. The van der Waals surface area contributed by atoms with Crippen molar-refractivity contribution in [3.8, 4) is 0 Å². The van der Waals surface area contributed by atoms with Crippen LogP contribution in [0, 0.1) is 0 Å². The maximum atomic E-state index is 13.2. The van der Waals surface area contributed by atoms with Crippen molar-refractivity contribution < 1.29 is 14.3 Å². The Kier molecular flexibility index (Phi) is 9.81. The second kappa shape index (κ2) is 13.3. The summed E-state index contributed by atoms with van der Waals surface area (Å²) in [5, 5.41) is 5.76. The SMILES string of the molecule is COCCCn1c(C2CCCN(C(=O)CC(N)CNC(=O)Nc3ccccc3C(C)(C)C)C2)nc2ccccc21. The summed E-state index contributed by atoms with van der Waals surface area (Å²) in [5.74, 6) is 1.21. The number of rotatable bonds is 10. The highest BCUT2D eigenvalue weighted by Crippen LogP contribution is 2.31. The predicted octanol–water partition coefficient (Wildman–Crippen LogP) is 4.62. The summed E-state index contributed by atoms with van der Waals surface area (Å²) >= 11 is 0. The van der Waals surface area contributed by atoms with Gasteiger partial charge in [-0.1, -0.05) is 51.1 Å². The summed E-state index contributed by atoms with van der Waals surface area (Å²) < 4.78 is 7.57. The van der Waals surface area contributed by atoms with Gasteiger partial charge < -0.3 is 30.6 Å². The molecule has 1 fully saturated rings. The Morgan fingerprint density at radius 1 is 1.15 bits per heavy atom. The predicted molar refractivity (Wildman–Crippen MR) is 160 cm³/mol. The lowest BCUT2D eigenvalue weighted by atomic mass is 9.86. The fourth-order valence-electron chi connectivity index (χ4n) is 5.48. The topological polar surface area (TPSA) is 115 Å². The molecule has 1 aliphatic rings. The lowest BCUT2D eigenvalue weighted by Gasteiger charge is -2.33. The Hall–Kier alpha value is -3.43. The molecule has 9 heteroatoms. The average Bonchev–Trinajstić information content (AvgIpc) is 3.30. The summed E-state index contributed by atoms with van der Waals surface area (Å²) in [6.07, 6.45) is 2.98. The van der Waals surface area contributed by atoms with Crippen LogP contribution in [0.2, 0.25) is 0 Å². The van der Waals surface area contributed by atoms with E-state index in [0.29, 0.717) is 19.7 Å². The first kappa shape index (κ1) is 29.6. The number of hydrogen-bond donors (Lipinski definition) is 3. The molecule has 216 valence electrons. The van der Waals surface area contributed by atoms with Crippen LogP contribution >= 0.6 is 0 Å². The van der Waals surface area contributed by atoms with Crippen LogP contribution in [0.3, 0.4) is 0 Å². The Morgan fingerprint density at radius 2 is 1.90 bits per heavy atom. The molecule has 1 aromatic heterocycles. The van der Waals surface area contributed by atoms with Crippen molar-refractivity contribution in [1.29, 1.82) is 0 Å². The summed E-state index contributed by atoms with van der Waals surface area (Å²) in [5.41, 5.74) is 10.1. The van der Waals surface area contributed by atoms with Crippen LogP contribution in [0.1, 0.15) is 63.8 Å². The van der Waals surface area contributed by atoms with E-state index >= 15 is 0 Å².